The number of hydrogen-bond acceptors (Lipinski definition) is 5. The van der Waals surface area contributed by atoms with Crippen LogP contribution < -0.4 is 5.73 Å². The van der Waals surface area contributed by atoms with Crippen molar-refractivity contribution < 1.29 is 4.74 Å². The second-order valence-electron chi connectivity index (χ2n) is 3.19. The number of allylic oxidation sites excluding steroid dienone is 1. The lowest BCUT2D eigenvalue weighted by Gasteiger charge is -2.13. The molecule has 4 nitrogen and oxygen atoms in total. The molecular formula is C11H19N3OS. The van der Waals surface area contributed by atoms with Crippen molar-refractivity contribution in [2.75, 3.05) is 6.73 Å². The fourth-order valence-electron chi connectivity index (χ4n) is 1.15. The van der Waals surface area contributed by atoms with Gasteiger partial charge in [0.05, 0.1) is 5.70 Å². The summed E-state index contributed by atoms with van der Waals surface area (Å²) < 4.78 is 5.08. The van der Waals surface area contributed by atoms with Crippen LogP contribution in [0, 0.1) is 5.92 Å². The summed E-state index contributed by atoms with van der Waals surface area (Å²) in [6, 6.07) is 0. The Morgan fingerprint density at radius 1 is 1.62 bits per heavy atom. The largest absolute Gasteiger partial charge is 0.466 e. The van der Waals surface area contributed by atoms with Crippen molar-refractivity contribution in [2.24, 2.45) is 21.6 Å². The van der Waals surface area contributed by atoms with Crippen molar-refractivity contribution >= 4 is 30.2 Å². The molecule has 0 fully saturated rings. The predicted molar refractivity (Wildman–Crippen MR) is 72.9 cm³/mol. The minimum absolute atomic E-state index is 0.0342. The van der Waals surface area contributed by atoms with Gasteiger partial charge in [0.25, 0.3) is 0 Å². The van der Waals surface area contributed by atoms with Gasteiger partial charge in [-0.25, -0.2) is 0 Å². The average molecular weight is 241 g/mol. The fourth-order valence-corrected chi connectivity index (χ4v) is 1.38. The number of nitrogens with two attached hydrogens (primary N) is 1. The summed E-state index contributed by atoms with van der Waals surface area (Å²) in [5, 5.41) is 0.267. The van der Waals surface area contributed by atoms with Gasteiger partial charge in [-0.15, -0.1) is 0 Å². The summed E-state index contributed by atoms with van der Waals surface area (Å²) in [5.41, 5.74) is 6.58. The Hall–Kier alpha value is -1.07. The van der Waals surface area contributed by atoms with Gasteiger partial charge in [0.2, 0.25) is 5.05 Å². The van der Waals surface area contributed by atoms with E-state index in [9.17, 15) is 0 Å². The minimum Gasteiger partial charge on any atom is -0.466 e. The molecule has 90 valence electrons. The molecule has 0 aliphatic carbocycles. The molecule has 0 rings (SSSR count). The Kier molecular flexibility index (Phi) is 7.58. The Bertz CT molecular complexity index is 310. The van der Waals surface area contributed by atoms with Gasteiger partial charge in [-0.2, -0.15) is 0 Å². The summed E-state index contributed by atoms with van der Waals surface area (Å²) in [4.78, 5) is 8.17. The van der Waals surface area contributed by atoms with Gasteiger partial charge in [0, 0.05) is 12.1 Å². The van der Waals surface area contributed by atoms with Crippen LogP contribution >= 0.6 is 12.2 Å². The lowest BCUT2D eigenvalue weighted by Crippen LogP contribution is -2.14. The van der Waals surface area contributed by atoms with Gasteiger partial charge in [-0.3, -0.25) is 15.7 Å². The smallest absolute Gasteiger partial charge is 0.213 e. The molecule has 5 heteroatoms. The van der Waals surface area contributed by atoms with E-state index in [1.807, 2.05) is 13.8 Å². The molecule has 0 aromatic carbocycles. The maximum Gasteiger partial charge on any atom is 0.213 e. The maximum absolute atomic E-state index is 5.28. The second kappa shape index (κ2) is 8.13. The number of aliphatic imine (C=N–C) groups is 2. The molecule has 0 aromatic heterocycles. The minimum atomic E-state index is 0.0342. The summed E-state index contributed by atoms with van der Waals surface area (Å²) >= 11 is 5.09. The van der Waals surface area contributed by atoms with Crippen LogP contribution in [0.25, 0.3) is 0 Å². The van der Waals surface area contributed by atoms with Gasteiger partial charge >= 0.3 is 0 Å². The zero-order valence-electron chi connectivity index (χ0n) is 10.1. The summed E-state index contributed by atoms with van der Waals surface area (Å²) in [6.45, 7) is 9.50. The zero-order valence-corrected chi connectivity index (χ0v) is 10.9. The third-order valence-corrected chi connectivity index (χ3v) is 2.47. The van der Waals surface area contributed by atoms with E-state index in [2.05, 4.69) is 23.6 Å². The van der Waals surface area contributed by atoms with Crippen LogP contribution in [0.5, 0.6) is 0 Å². The highest BCUT2D eigenvalue weighted by molar-refractivity contribution is 7.80. The quantitative estimate of drug-likeness (QED) is 0.336. The van der Waals surface area contributed by atoms with Crippen molar-refractivity contribution in [3.8, 4) is 0 Å². The number of nitrogens with zero attached hydrogens (tertiary/aromatic N) is 2. The molecule has 1 unspecified atom stereocenters. The SMILES string of the molecule is C=N/C(=C(/N=CC)C(=S)OCN)C(C)CC. The van der Waals surface area contributed by atoms with E-state index in [-0.39, 0.29) is 17.7 Å². The lowest BCUT2D eigenvalue weighted by atomic mass is 10.0. The van der Waals surface area contributed by atoms with E-state index in [0.29, 0.717) is 5.70 Å². The van der Waals surface area contributed by atoms with E-state index in [0.717, 1.165) is 12.1 Å². The molecule has 0 spiro atoms. The number of hydrogen-bond donors (Lipinski definition) is 1. The molecule has 16 heavy (non-hydrogen) atoms. The van der Waals surface area contributed by atoms with Gasteiger partial charge < -0.3 is 4.74 Å². The molecule has 0 aliphatic rings. The third kappa shape index (κ3) is 4.20. The zero-order chi connectivity index (χ0) is 12.6. The molecule has 0 saturated heterocycles. The molecule has 1 atom stereocenters. The standard InChI is InChI=1S/C11H19N3OS/c1-5-8(3)9(13-4)10(14-6-2)11(16)15-7-12/h6,8H,4-5,7,12H2,1-3H3/b10-9+,14-6?. The first-order valence-electron chi connectivity index (χ1n) is 5.19. The Morgan fingerprint density at radius 2 is 2.25 bits per heavy atom. The van der Waals surface area contributed by atoms with Crippen molar-refractivity contribution in [2.45, 2.75) is 27.2 Å². The summed E-state index contributed by atoms with van der Waals surface area (Å²) in [6.07, 6.45) is 2.58. The molecular weight excluding hydrogens is 222 g/mol. The molecule has 2 N–H and O–H groups in total. The number of ether oxygens (including phenoxy) is 1. The van der Waals surface area contributed by atoms with Crippen LogP contribution in [0.3, 0.4) is 0 Å². The molecule has 0 radical (unpaired) electrons. The molecule has 0 bridgehead atoms. The van der Waals surface area contributed by atoms with E-state index in [4.69, 9.17) is 22.7 Å². The normalized spacial score (nSPS) is 14.5. The molecule has 0 heterocycles. The Labute approximate surface area is 102 Å². The monoisotopic (exact) mass is 241 g/mol. The van der Waals surface area contributed by atoms with E-state index in [1.165, 1.54) is 0 Å². The number of rotatable bonds is 6. The highest BCUT2D eigenvalue weighted by Crippen LogP contribution is 2.21. The van der Waals surface area contributed by atoms with E-state index in [1.54, 1.807) is 6.21 Å². The van der Waals surface area contributed by atoms with Gasteiger partial charge in [-0.05, 0) is 32.3 Å². The summed E-state index contributed by atoms with van der Waals surface area (Å²) in [7, 11) is 0. The van der Waals surface area contributed by atoms with Crippen molar-refractivity contribution in [1.82, 2.24) is 0 Å². The van der Waals surface area contributed by atoms with Gasteiger partial charge in [0.1, 0.15) is 12.4 Å². The fraction of sp³-hybridized carbons (Fsp3) is 0.545. The van der Waals surface area contributed by atoms with Crippen LogP contribution in [0.15, 0.2) is 21.4 Å². The van der Waals surface area contributed by atoms with Crippen LogP contribution in [0.1, 0.15) is 27.2 Å². The lowest BCUT2D eigenvalue weighted by molar-refractivity contribution is 0.325. The number of thiocarbonyl (C=S) groups is 1. The first kappa shape index (κ1) is 14.9. The topological polar surface area (TPSA) is 60.0 Å². The average Bonchev–Trinajstić information content (AvgIpc) is 2.28. The van der Waals surface area contributed by atoms with Crippen molar-refractivity contribution in [3.63, 3.8) is 0 Å². The highest BCUT2D eigenvalue weighted by Gasteiger charge is 2.15. The van der Waals surface area contributed by atoms with Crippen LogP contribution in [0.4, 0.5) is 0 Å². The second-order valence-corrected chi connectivity index (χ2v) is 3.56. The molecule has 0 amide bonds. The first-order valence-corrected chi connectivity index (χ1v) is 5.59. The maximum atomic E-state index is 5.28. The Balaban J connectivity index is 5.31. The summed E-state index contributed by atoms with van der Waals surface area (Å²) in [5.74, 6) is 0.232. The highest BCUT2D eigenvalue weighted by atomic mass is 32.1. The van der Waals surface area contributed by atoms with Gasteiger partial charge in [-0.1, -0.05) is 13.8 Å². The van der Waals surface area contributed by atoms with E-state index < -0.39 is 0 Å². The van der Waals surface area contributed by atoms with Crippen molar-refractivity contribution in [1.29, 1.82) is 0 Å². The molecule has 0 aromatic rings. The predicted octanol–water partition coefficient (Wildman–Crippen LogP) is 2.30. The van der Waals surface area contributed by atoms with E-state index >= 15 is 0 Å². The van der Waals surface area contributed by atoms with Crippen LogP contribution in [-0.4, -0.2) is 24.7 Å². The van der Waals surface area contributed by atoms with Crippen LogP contribution in [0.2, 0.25) is 0 Å². The third-order valence-electron chi connectivity index (χ3n) is 2.16. The van der Waals surface area contributed by atoms with Crippen LogP contribution in [-0.2, 0) is 4.74 Å². The molecule has 0 aliphatic heterocycles. The van der Waals surface area contributed by atoms with Crippen molar-refractivity contribution in [3.05, 3.63) is 11.4 Å². The van der Waals surface area contributed by atoms with Gasteiger partial charge in [0.15, 0.2) is 0 Å². The molecule has 0 saturated carbocycles. The Morgan fingerprint density at radius 3 is 2.62 bits per heavy atom. The first-order chi connectivity index (χ1) is 7.62.